The number of carbonyl (C=O) groups is 1. The van der Waals surface area contributed by atoms with E-state index in [1.807, 2.05) is 0 Å². The first kappa shape index (κ1) is 16.0. The van der Waals surface area contributed by atoms with Crippen molar-refractivity contribution in [3.05, 3.63) is 17.5 Å². The maximum atomic E-state index is 11.9. The molecule has 0 saturated heterocycles. The molecule has 0 aromatic carbocycles. The second-order valence-electron chi connectivity index (χ2n) is 5.67. The molecule has 0 spiro atoms. The zero-order chi connectivity index (χ0) is 15.3. The van der Waals surface area contributed by atoms with Crippen LogP contribution in [0.2, 0.25) is 0 Å². The highest BCUT2D eigenvalue weighted by Crippen LogP contribution is 2.17. The SMILES string of the molecule is Cc1cc(CS(=O)(=O)CCC(=O)NC2CCCCC2)no1. The monoisotopic (exact) mass is 314 g/mol. The average molecular weight is 314 g/mol. The van der Waals surface area contributed by atoms with E-state index >= 15 is 0 Å². The molecule has 0 unspecified atom stereocenters. The van der Waals surface area contributed by atoms with Gasteiger partial charge in [-0.15, -0.1) is 0 Å². The summed E-state index contributed by atoms with van der Waals surface area (Å²) in [6, 6.07) is 1.81. The Bertz CT molecular complexity index is 574. The molecule has 1 aromatic heterocycles. The van der Waals surface area contributed by atoms with Crippen LogP contribution in [0.5, 0.6) is 0 Å². The van der Waals surface area contributed by atoms with Crippen molar-refractivity contribution in [3.63, 3.8) is 0 Å². The fraction of sp³-hybridized carbons (Fsp3) is 0.714. The highest BCUT2D eigenvalue weighted by molar-refractivity contribution is 7.90. The summed E-state index contributed by atoms with van der Waals surface area (Å²) in [5.74, 6) is 0.0652. The van der Waals surface area contributed by atoms with Crippen LogP contribution in [0.3, 0.4) is 0 Å². The first-order valence-corrected chi connectivity index (χ1v) is 9.19. The maximum absolute atomic E-state index is 11.9. The van der Waals surface area contributed by atoms with Crippen molar-refractivity contribution in [2.24, 2.45) is 0 Å². The maximum Gasteiger partial charge on any atom is 0.221 e. The van der Waals surface area contributed by atoms with Crippen LogP contribution in [0, 0.1) is 6.92 Å². The van der Waals surface area contributed by atoms with Crippen LogP contribution in [0.25, 0.3) is 0 Å². The van der Waals surface area contributed by atoms with E-state index in [9.17, 15) is 13.2 Å². The van der Waals surface area contributed by atoms with Crippen molar-refractivity contribution in [3.8, 4) is 0 Å². The zero-order valence-corrected chi connectivity index (χ0v) is 13.1. The highest BCUT2D eigenvalue weighted by Gasteiger charge is 2.19. The van der Waals surface area contributed by atoms with Gasteiger partial charge in [-0.25, -0.2) is 8.42 Å². The lowest BCUT2D eigenvalue weighted by Gasteiger charge is -2.22. The van der Waals surface area contributed by atoms with E-state index in [1.54, 1.807) is 13.0 Å². The number of nitrogens with zero attached hydrogens (tertiary/aromatic N) is 1. The van der Waals surface area contributed by atoms with E-state index in [-0.39, 0.29) is 29.9 Å². The van der Waals surface area contributed by atoms with Gasteiger partial charge in [0.05, 0.1) is 17.2 Å². The van der Waals surface area contributed by atoms with Crippen LogP contribution in [0.1, 0.15) is 50.0 Å². The summed E-state index contributed by atoms with van der Waals surface area (Å²) in [5, 5.41) is 6.59. The molecule has 0 radical (unpaired) electrons. The second-order valence-corrected chi connectivity index (χ2v) is 7.86. The van der Waals surface area contributed by atoms with Crippen LogP contribution in [0.15, 0.2) is 10.6 Å². The third kappa shape index (κ3) is 5.49. The number of aryl methyl sites for hydroxylation is 1. The van der Waals surface area contributed by atoms with Gasteiger partial charge >= 0.3 is 0 Å². The van der Waals surface area contributed by atoms with Gasteiger partial charge in [0.15, 0.2) is 9.84 Å². The molecule has 1 aromatic rings. The van der Waals surface area contributed by atoms with Gasteiger partial charge in [0.25, 0.3) is 0 Å². The fourth-order valence-corrected chi connectivity index (χ4v) is 3.81. The Kier molecular flexibility index (Phi) is 5.39. The number of sulfone groups is 1. The van der Waals surface area contributed by atoms with Crippen molar-refractivity contribution in [1.29, 1.82) is 0 Å². The molecular weight excluding hydrogens is 292 g/mol. The average Bonchev–Trinajstić information content (AvgIpc) is 2.82. The molecule has 118 valence electrons. The summed E-state index contributed by atoms with van der Waals surface area (Å²) in [6.07, 6.45) is 5.49. The van der Waals surface area contributed by atoms with Gasteiger partial charge in [-0.3, -0.25) is 4.79 Å². The smallest absolute Gasteiger partial charge is 0.221 e. The highest BCUT2D eigenvalue weighted by atomic mass is 32.2. The molecule has 7 heteroatoms. The molecule has 1 N–H and O–H groups in total. The molecule has 1 heterocycles. The molecule has 1 saturated carbocycles. The number of nitrogens with one attached hydrogen (secondary N) is 1. The molecule has 21 heavy (non-hydrogen) atoms. The predicted molar refractivity (Wildman–Crippen MR) is 78.4 cm³/mol. The van der Waals surface area contributed by atoms with Crippen LogP contribution < -0.4 is 5.32 Å². The molecule has 6 nitrogen and oxygen atoms in total. The molecular formula is C14H22N2O4S. The van der Waals surface area contributed by atoms with E-state index in [0.29, 0.717) is 11.5 Å². The topological polar surface area (TPSA) is 89.3 Å². The minimum absolute atomic E-state index is 0.00959. The quantitative estimate of drug-likeness (QED) is 0.864. The van der Waals surface area contributed by atoms with Gasteiger partial charge in [0, 0.05) is 18.5 Å². The number of hydrogen-bond acceptors (Lipinski definition) is 5. The third-order valence-electron chi connectivity index (χ3n) is 3.65. The molecule has 2 rings (SSSR count). The third-order valence-corrected chi connectivity index (χ3v) is 5.22. The van der Waals surface area contributed by atoms with Crippen LogP contribution in [-0.4, -0.2) is 31.3 Å². The molecule has 1 fully saturated rings. The lowest BCUT2D eigenvalue weighted by Crippen LogP contribution is -2.37. The number of amides is 1. The summed E-state index contributed by atoms with van der Waals surface area (Å²) >= 11 is 0. The minimum atomic E-state index is -3.34. The Morgan fingerprint density at radius 2 is 2.10 bits per heavy atom. The van der Waals surface area contributed by atoms with Gasteiger partial charge in [0.2, 0.25) is 5.91 Å². The molecule has 0 bridgehead atoms. The number of hydrogen-bond donors (Lipinski definition) is 1. The van der Waals surface area contributed by atoms with Crippen molar-refractivity contribution in [2.75, 3.05) is 5.75 Å². The largest absolute Gasteiger partial charge is 0.361 e. The summed E-state index contributed by atoms with van der Waals surface area (Å²) < 4.78 is 28.7. The minimum Gasteiger partial charge on any atom is -0.361 e. The first-order valence-electron chi connectivity index (χ1n) is 7.36. The van der Waals surface area contributed by atoms with E-state index in [0.717, 1.165) is 25.7 Å². The van der Waals surface area contributed by atoms with Gasteiger partial charge in [-0.1, -0.05) is 24.4 Å². The van der Waals surface area contributed by atoms with Gasteiger partial charge < -0.3 is 9.84 Å². The molecule has 0 atom stereocenters. The van der Waals surface area contributed by atoms with Crippen molar-refractivity contribution in [2.45, 2.75) is 57.2 Å². The normalized spacial score (nSPS) is 16.8. The summed E-state index contributed by atoms with van der Waals surface area (Å²) in [4.78, 5) is 11.8. The summed E-state index contributed by atoms with van der Waals surface area (Å²) in [5.41, 5.74) is 0.389. The molecule has 1 aliphatic rings. The number of rotatable bonds is 6. The van der Waals surface area contributed by atoms with E-state index < -0.39 is 9.84 Å². The van der Waals surface area contributed by atoms with Crippen LogP contribution in [-0.2, 0) is 20.4 Å². The Labute approximate surface area is 125 Å². The van der Waals surface area contributed by atoms with Crippen LogP contribution >= 0.6 is 0 Å². The van der Waals surface area contributed by atoms with E-state index in [1.165, 1.54) is 6.42 Å². The Morgan fingerprint density at radius 3 is 2.71 bits per heavy atom. The molecule has 1 aliphatic carbocycles. The fourth-order valence-electron chi connectivity index (χ4n) is 2.58. The second kappa shape index (κ2) is 7.06. The Balaban J connectivity index is 1.76. The van der Waals surface area contributed by atoms with Gasteiger partial charge in [-0.2, -0.15) is 0 Å². The first-order chi connectivity index (χ1) is 9.94. The van der Waals surface area contributed by atoms with E-state index in [2.05, 4.69) is 10.5 Å². The van der Waals surface area contributed by atoms with E-state index in [4.69, 9.17) is 4.52 Å². The van der Waals surface area contributed by atoms with Crippen LogP contribution in [0.4, 0.5) is 0 Å². The summed E-state index contributed by atoms with van der Waals surface area (Å²) in [7, 11) is -3.34. The Hall–Kier alpha value is -1.37. The van der Waals surface area contributed by atoms with Gasteiger partial charge in [0.1, 0.15) is 5.76 Å². The van der Waals surface area contributed by atoms with Crippen molar-refractivity contribution in [1.82, 2.24) is 10.5 Å². The predicted octanol–water partition coefficient (Wildman–Crippen LogP) is 1.74. The molecule has 0 aliphatic heterocycles. The number of carbonyl (C=O) groups excluding carboxylic acids is 1. The van der Waals surface area contributed by atoms with Crippen molar-refractivity contribution >= 4 is 15.7 Å². The zero-order valence-electron chi connectivity index (χ0n) is 12.3. The number of aromatic nitrogens is 1. The standard InChI is InChI=1S/C14H22N2O4S/c1-11-9-13(16-20-11)10-21(18,19)8-7-14(17)15-12-5-3-2-4-6-12/h9,12H,2-8,10H2,1H3,(H,15,17). The Morgan fingerprint density at radius 1 is 1.38 bits per heavy atom. The summed E-state index contributed by atoms with van der Waals surface area (Å²) in [6.45, 7) is 1.71. The van der Waals surface area contributed by atoms with Gasteiger partial charge in [-0.05, 0) is 19.8 Å². The molecule has 1 amide bonds. The lowest BCUT2D eigenvalue weighted by atomic mass is 9.95. The lowest BCUT2D eigenvalue weighted by molar-refractivity contribution is -0.121. The van der Waals surface area contributed by atoms with Crippen molar-refractivity contribution < 1.29 is 17.7 Å².